The highest BCUT2D eigenvalue weighted by atomic mass is 35.5. The van der Waals surface area contributed by atoms with Crippen molar-refractivity contribution in [2.45, 2.75) is 25.2 Å². The second-order valence-corrected chi connectivity index (χ2v) is 11.3. The predicted octanol–water partition coefficient (Wildman–Crippen LogP) is 5.75. The minimum atomic E-state index is -3.64. The summed E-state index contributed by atoms with van der Waals surface area (Å²) in [6.07, 6.45) is 1.23. The molecule has 35 heavy (non-hydrogen) atoms. The Morgan fingerprint density at radius 1 is 1.03 bits per heavy atom. The molecular formula is C26H26Cl2N2O4S. The van der Waals surface area contributed by atoms with Crippen molar-refractivity contribution in [3.8, 4) is 5.75 Å². The van der Waals surface area contributed by atoms with Crippen LogP contribution in [0.4, 0.5) is 5.69 Å². The average molecular weight is 533 g/mol. The third-order valence-corrected chi connectivity index (χ3v) is 8.25. The lowest BCUT2D eigenvalue weighted by Gasteiger charge is -2.31. The van der Waals surface area contributed by atoms with Gasteiger partial charge in [-0.25, -0.2) is 12.7 Å². The smallest absolute Gasteiger partial charge is 0.228 e. The van der Waals surface area contributed by atoms with Crippen LogP contribution in [0.2, 0.25) is 10.0 Å². The quantitative estimate of drug-likeness (QED) is 0.400. The molecule has 1 fully saturated rings. The standard InChI is InChI=1S/C26H26Cl2N2O4S/c27-22-9-8-21(25(28)15-22)18-35(32,33)30-14-4-7-20(16-30)26(31)29-23-10-12-24(13-11-23)34-17-19-5-2-1-3-6-19/h1-3,5-6,8-13,15,20H,4,7,14,16-18H2,(H,29,31). The van der Waals surface area contributed by atoms with E-state index in [-0.39, 0.29) is 18.2 Å². The number of piperidine rings is 1. The molecule has 0 saturated carbocycles. The van der Waals surface area contributed by atoms with E-state index in [1.165, 1.54) is 10.4 Å². The summed E-state index contributed by atoms with van der Waals surface area (Å²) in [5, 5.41) is 3.65. The maximum Gasteiger partial charge on any atom is 0.228 e. The fourth-order valence-electron chi connectivity index (χ4n) is 3.96. The van der Waals surface area contributed by atoms with Crippen LogP contribution >= 0.6 is 23.2 Å². The molecule has 1 amide bonds. The zero-order valence-corrected chi connectivity index (χ0v) is 21.3. The number of nitrogens with one attached hydrogen (secondary N) is 1. The van der Waals surface area contributed by atoms with Crippen LogP contribution in [0.3, 0.4) is 0 Å². The molecule has 0 spiro atoms. The molecule has 0 radical (unpaired) electrons. The van der Waals surface area contributed by atoms with Gasteiger partial charge in [0.2, 0.25) is 15.9 Å². The number of amides is 1. The summed E-state index contributed by atoms with van der Waals surface area (Å²) in [7, 11) is -3.64. The Kier molecular flexibility index (Phi) is 8.34. The molecule has 3 aromatic rings. The van der Waals surface area contributed by atoms with E-state index < -0.39 is 15.9 Å². The number of benzene rings is 3. The first-order valence-corrected chi connectivity index (χ1v) is 13.7. The lowest BCUT2D eigenvalue weighted by Crippen LogP contribution is -2.44. The van der Waals surface area contributed by atoms with Crippen LogP contribution in [-0.2, 0) is 27.2 Å². The largest absolute Gasteiger partial charge is 0.489 e. The van der Waals surface area contributed by atoms with Crippen molar-refractivity contribution in [1.82, 2.24) is 4.31 Å². The van der Waals surface area contributed by atoms with E-state index in [2.05, 4.69) is 5.32 Å². The van der Waals surface area contributed by atoms with Crippen molar-refractivity contribution in [2.75, 3.05) is 18.4 Å². The molecule has 0 aliphatic carbocycles. The summed E-state index contributed by atoms with van der Waals surface area (Å²) in [5.74, 6) is -0.176. The molecule has 184 valence electrons. The molecular weight excluding hydrogens is 507 g/mol. The van der Waals surface area contributed by atoms with Crippen LogP contribution in [0.5, 0.6) is 5.75 Å². The third-order valence-electron chi connectivity index (χ3n) is 5.87. The summed E-state index contributed by atoms with van der Waals surface area (Å²) >= 11 is 12.1. The van der Waals surface area contributed by atoms with Gasteiger partial charge in [-0.15, -0.1) is 0 Å². The molecule has 9 heteroatoms. The topological polar surface area (TPSA) is 75.7 Å². The molecule has 0 aromatic heterocycles. The number of halogens is 2. The SMILES string of the molecule is O=C(Nc1ccc(OCc2ccccc2)cc1)C1CCCN(S(=O)(=O)Cc2ccc(Cl)cc2Cl)C1. The Hall–Kier alpha value is -2.58. The number of hydrogen-bond acceptors (Lipinski definition) is 4. The van der Waals surface area contributed by atoms with Gasteiger partial charge >= 0.3 is 0 Å². The van der Waals surface area contributed by atoms with Crippen LogP contribution < -0.4 is 10.1 Å². The van der Waals surface area contributed by atoms with E-state index >= 15 is 0 Å². The van der Waals surface area contributed by atoms with Crippen LogP contribution in [0.15, 0.2) is 72.8 Å². The van der Waals surface area contributed by atoms with E-state index in [9.17, 15) is 13.2 Å². The molecule has 1 atom stereocenters. The molecule has 1 saturated heterocycles. The van der Waals surface area contributed by atoms with Gasteiger partial charge in [0.25, 0.3) is 0 Å². The van der Waals surface area contributed by atoms with Gasteiger partial charge in [-0.2, -0.15) is 0 Å². The molecule has 1 unspecified atom stereocenters. The summed E-state index contributed by atoms with van der Waals surface area (Å²) < 4.78 is 33.2. The van der Waals surface area contributed by atoms with Crippen LogP contribution in [0, 0.1) is 5.92 Å². The zero-order valence-electron chi connectivity index (χ0n) is 19.0. The molecule has 0 bridgehead atoms. The van der Waals surface area contributed by atoms with Crippen LogP contribution in [0.25, 0.3) is 0 Å². The maximum atomic E-state index is 13.0. The van der Waals surface area contributed by atoms with Crippen molar-refractivity contribution < 1.29 is 17.9 Å². The molecule has 1 aliphatic heterocycles. The highest BCUT2D eigenvalue weighted by Crippen LogP contribution is 2.27. The van der Waals surface area contributed by atoms with Gasteiger partial charge in [0.15, 0.2) is 0 Å². The number of sulfonamides is 1. The number of ether oxygens (including phenoxy) is 1. The number of nitrogens with zero attached hydrogens (tertiary/aromatic N) is 1. The van der Waals surface area contributed by atoms with E-state index in [4.69, 9.17) is 27.9 Å². The molecule has 1 N–H and O–H groups in total. The van der Waals surface area contributed by atoms with Crippen LogP contribution in [0.1, 0.15) is 24.0 Å². The van der Waals surface area contributed by atoms with Gasteiger partial charge in [-0.3, -0.25) is 4.79 Å². The van der Waals surface area contributed by atoms with Crippen molar-refractivity contribution in [1.29, 1.82) is 0 Å². The Bertz CT molecular complexity index is 1270. The summed E-state index contributed by atoms with van der Waals surface area (Å²) in [4.78, 5) is 12.9. The van der Waals surface area contributed by atoms with E-state index in [0.717, 1.165) is 5.56 Å². The zero-order chi connectivity index (χ0) is 24.8. The maximum absolute atomic E-state index is 13.0. The van der Waals surface area contributed by atoms with Gasteiger partial charge in [-0.05, 0) is 60.4 Å². The molecule has 1 aliphatic rings. The highest BCUT2D eigenvalue weighted by Gasteiger charge is 2.32. The third kappa shape index (κ3) is 6.98. The molecule has 1 heterocycles. The minimum absolute atomic E-state index is 0.137. The summed E-state index contributed by atoms with van der Waals surface area (Å²) in [5.41, 5.74) is 2.19. The van der Waals surface area contributed by atoms with Crippen LogP contribution in [-0.4, -0.2) is 31.7 Å². The molecule has 4 rings (SSSR count). The Morgan fingerprint density at radius 3 is 2.49 bits per heavy atom. The summed E-state index contributed by atoms with van der Waals surface area (Å²) in [6.45, 7) is 0.975. The second kappa shape index (κ2) is 11.4. The first-order chi connectivity index (χ1) is 16.8. The van der Waals surface area contributed by atoms with Crippen molar-refractivity contribution >= 4 is 44.8 Å². The van der Waals surface area contributed by atoms with Gasteiger partial charge in [0, 0.05) is 28.8 Å². The Balaban J connectivity index is 1.33. The average Bonchev–Trinajstić information content (AvgIpc) is 2.86. The molecule has 3 aromatic carbocycles. The number of carbonyl (C=O) groups excluding carboxylic acids is 1. The van der Waals surface area contributed by atoms with E-state index in [1.807, 2.05) is 30.3 Å². The molecule has 6 nitrogen and oxygen atoms in total. The number of carbonyl (C=O) groups is 1. The first kappa shape index (κ1) is 25.5. The lowest BCUT2D eigenvalue weighted by molar-refractivity contribution is -0.120. The minimum Gasteiger partial charge on any atom is -0.489 e. The van der Waals surface area contributed by atoms with Gasteiger partial charge in [-0.1, -0.05) is 59.6 Å². The Labute approximate surface area is 215 Å². The fraction of sp³-hybridized carbons (Fsp3) is 0.269. The number of anilines is 1. The number of hydrogen-bond donors (Lipinski definition) is 1. The van der Waals surface area contributed by atoms with Gasteiger partial charge in [0.05, 0.1) is 11.7 Å². The van der Waals surface area contributed by atoms with E-state index in [0.29, 0.717) is 53.0 Å². The van der Waals surface area contributed by atoms with Gasteiger partial charge < -0.3 is 10.1 Å². The summed E-state index contributed by atoms with van der Waals surface area (Å²) in [6, 6.07) is 21.8. The number of rotatable bonds is 8. The highest BCUT2D eigenvalue weighted by molar-refractivity contribution is 7.88. The Morgan fingerprint density at radius 2 is 1.77 bits per heavy atom. The second-order valence-electron chi connectivity index (χ2n) is 8.48. The van der Waals surface area contributed by atoms with Gasteiger partial charge in [0.1, 0.15) is 12.4 Å². The predicted molar refractivity (Wildman–Crippen MR) is 139 cm³/mol. The normalized spacial score (nSPS) is 16.6. The van der Waals surface area contributed by atoms with Crippen molar-refractivity contribution in [2.24, 2.45) is 5.92 Å². The van der Waals surface area contributed by atoms with Crippen molar-refractivity contribution in [3.63, 3.8) is 0 Å². The van der Waals surface area contributed by atoms with Crippen molar-refractivity contribution in [3.05, 3.63) is 94.0 Å². The van der Waals surface area contributed by atoms with E-state index in [1.54, 1.807) is 36.4 Å². The first-order valence-electron chi connectivity index (χ1n) is 11.3. The lowest BCUT2D eigenvalue weighted by atomic mass is 9.99. The fourth-order valence-corrected chi connectivity index (χ4v) is 6.15. The monoisotopic (exact) mass is 532 g/mol.